The number of hydrogen-bond acceptors (Lipinski definition) is 4. The van der Waals surface area contributed by atoms with Gasteiger partial charge in [-0.05, 0) is 50.1 Å². The lowest BCUT2D eigenvalue weighted by atomic mass is 10.0. The summed E-state index contributed by atoms with van der Waals surface area (Å²) in [4.78, 5) is 14.8. The number of carbonyl (C=O) groups is 1. The summed E-state index contributed by atoms with van der Waals surface area (Å²) >= 11 is 6.10. The first-order valence-electron chi connectivity index (χ1n) is 9.22. The maximum Gasteiger partial charge on any atom is 0.261 e. The van der Waals surface area contributed by atoms with E-state index in [0.717, 1.165) is 25.9 Å². The highest BCUT2D eigenvalue weighted by molar-refractivity contribution is 6.33. The smallest absolute Gasteiger partial charge is 0.261 e. The van der Waals surface area contributed by atoms with Gasteiger partial charge in [-0.2, -0.15) is 0 Å². The van der Waals surface area contributed by atoms with Gasteiger partial charge in [0.25, 0.3) is 5.91 Å². The van der Waals surface area contributed by atoms with Crippen molar-refractivity contribution in [3.05, 3.63) is 64.4 Å². The van der Waals surface area contributed by atoms with Gasteiger partial charge in [0, 0.05) is 18.8 Å². The van der Waals surface area contributed by atoms with E-state index in [2.05, 4.69) is 10.5 Å². The number of anilines is 2. The SMILES string of the molecule is Cc1onc(-c2c(F)cccc2Cl)c1C(=O)Nc1ccc(N2CCCC2)c(F)c1. The summed E-state index contributed by atoms with van der Waals surface area (Å²) in [6, 6.07) is 8.72. The zero-order chi connectivity index (χ0) is 20.5. The molecule has 0 unspecified atom stereocenters. The average Bonchev–Trinajstić information content (AvgIpc) is 3.32. The van der Waals surface area contributed by atoms with Gasteiger partial charge in [0.05, 0.1) is 16.3 Å². The highest BCUT2D eigenvalue weighted by Crippen LogP contribution is 2.34. The Morgan fingerprint density at radius 2 is 1.93 bits per heavy atom. The lowest BCUT2D eigenvalue weighted by molar-refractivity contribution is 0.102. The maximum atomic E-state index is 14.5. The van der Waals surface area contributed by atoms with E-state index in [1.807, 2.05) is 4.90 Å². The van der Waals surface area contributed by atoms with Gasteiger partial charge in [-0.1, -0.05) is 22.8 Å². The number of aromatic nitrogens is 1. The van der Waals surface area contributed by atoms with Gasteiger partial charge >= 0.3 is 0 Å². The minimum atomic E-state index is -0.624. The lowest BCUT2D eigenvalue weighted by Crippen LogP contribution is -2.19. The van der Waals surface area contributed by atoms with Gasteiger partial charge in [0.2, 0.25) is 0 Å². The first-order valence-corrected chi connectivity index (χ1v) is 9.60. The number of benzene rings is 2. The fraction of sp³-hybridized carbons (Fsp3) is 0.238. The summed E-state index contributed by atoms with van der Waals surface area (Å²) in [7, 11) is 0. The largest absolute Gasteiger partial charge is 0.369 e. The van der Waals surface area contributed by atoms with E-state index in [4.69, 9.17) is 16.1 Å². The Bertz CT molecular complexity index is 1060. The lowest BCUT2D eigenvalue weighted by Gasteiger charge is -2.18. The number of nitrogens with zero attached hydrogens (tertiary/aromatic N) is 2. The predicted molar refractivity (Wildman–Crippen MR) is 107 cm³/mol. The molecular weight excluding hydrogens is 400 g/mol. The second-order valence-electron chi connectivity index (χ2n) is 6.87. The standard InChI is InChI=1S/C21H18ClF2N3O2/c1-12-18(20(26-29-12)19-14(22)5-4-6-15(19)23)21(28)25-13-7-8-17(16(24)11-13)27-9-2-3-10-27/h4-8,11H,2-3,9-10H2,1H3,(H,25,28). The molecule has 0 spiro atoms. The Balaban J connectivity index is 1.63. The molecule has 1 aliphatic heterocycles. The minimum Gasteiger partial charge on any atom is -0.369 e. The van der Waals surface area contributed by atoms with Crippen LogP contribution in [0.25, 0.3) is 11.3 Å². The molecule has 1 aromatic heterocycles. The number of amides is 1. The summed E-state index contributed by atoms with van der Waals surface area (Å²) in [6.45, 7) is 3.17. The quantitative estimate of drug-likeness (QED) is 0.614. The molecule has 0 bridgehead atoms. The Hall–Kier alpha value is -2.93. The third-order valence-electron chi connectivity index (χ3n) is 4.94. The fourth-order valence-electron chi connectivity index (χ4n) is 3.53. The summed E-state index contributed by atoms with van der Waals surface area (Å²) in [5.41, 5.74) is 0.812. The molecular formula is C21H18ClF2N3O2. The molecule has 1 saturated heterocycles. The summed E-state index contributed by atoms with van der Waals surface area (Å²) in [5.74, 6) is -1.43. The third kappa shape index (κ3) is 3.70. The maximum absolute atomic E-state index is 14.5. The van der Waals surface area contributed by atoms with Crippen LogP contribution in [0.15, 0.2) is 40.9 Å². The summed E-state index contributed by atoms with van der Waals surface area (Å²) in [5, 5.41) is 6.55. The molecule has 0 aliphatic carbocycles. The second kappa shape index (κ2) is 7.83. The predicted octanol–water partition coefficient (Wildman–Crippen LogP) is 5.43. The van der Waals surface area contributed by atoms with Gasteiger partial charge in [0.15, 0.2) is 0 Å². The van der Waals surface area contributed by atoms with Gasteiger partial charge in [-0.3, -0.25) is 4.79 Å². The molecule has 8 heteroatoms. The number of aryl methyl sites for hydroxylation is 1. The third-order valence-corrected chi connectivity index (χ3v) is 5.26. The van der Waals surface area contributed by atoms with Crippen LogP contribution in [0.3, 0.4) is 0 Å². The summed E-state index contributed by atoms with van der Waals surface area (Å²) < 4.78 is 34.0. The highest BCUT2D eigenvalue weighted by atomic mass is 35.5. The van der Waals surface area contributed by atoms with Crippen LogP contribution in [-0.4, -0.2) is 24.2 Å². The molecule has 1 aliphatic rings. The van der Waals surface area contributed by atoms with E-state index in [1.165, 1.54) is 31.2 Å². The number of rotatable bonds is 4. The van der Waals surface area contributed by atoms with Gasteiger partial charge in [-0.25, -0.2) is 8.78 Å². The zero-order valence-electron chi connectivity index (χ0n) is 15.6. The Morgan fingerprint density at radius 1 is 1.17 bits per heavy atom. The molecule has 1 amide bonds. The van der Waals surface area contributed by atoms with Gasteiger partial charge < -0.3 is 14.7 Å². The number of halogens is 3. The monoisotopic (exact) mass is 417 g/mol. The van der Waals surface area contributed by atoms with Crippen molar-refractivity contribution in [2.75, 3.05) is 23.3 Å². The molecule has 150 valence electrons. The van der Waals surface area contributed by atoms with Crippen molar-refractivity contribution < 1.29 is 18.1 Å². The molecule has 3 aromatic rings. The first-order chi connectivity index (χ1) is 14.0. The van der Waals surface area contributed by atoms with E-state index in [9.17, 15) is 13.6 Å². The number of hydrogen-bond donors (Lipinski definition) is 1. The Labute approximate surface area is 171 Å². The van der Waals surface area contributed by atoms with E-state index < -0.39 is 17.5 Å². The van der Waals surface area contributed by atoms with Crippen molar-refractivity contribution in [2.45, 2.75) is 19.8 Å². The first kappa shape index (κ1) is 19.4. The average molecular weight is 418 g/mol. The topological polar surface area (TPSA) is 58.4 Å². The van der Waals surface area contributed by atoms with E-state index >= 15 is 0 Å². The summed E-state index contributed by atoms with van der Waals surface area (Å²) in [6.07, 6.45) is 2.07. The van der Waals surface area contributed by atoms with Crippen molar-refractivity contribution in [3.8, 4) is 11.3 Å². The molecule has 2 heterocycles. The van der Waals surface area contributed by atoms with Crippen molar-refractivity contribution >= 4 is 28.9 Å². The van der Waals surface area contributed by atoms with Crippen LogP contribution in [0.4, 0.5) is 20.2 Å². The molecule has 1 fully saturated rings. The molecule has 2 aromatic carbocycles. The van der Waals surface area contributed by atoms with Crippen LogP contribution in [0.2, 0.25) is 5.02 Å². The van der Waals surface area contributed by atoms with Crippen molar-refractivity contribution in [1.82, 2.24) is 5.16 Å². The van der Waals surface area contributed by atoms with Gasteiger partial charge in [-0.15, -0.1) is 0 Å². The molecule has 0 atom stereocenters. The molecule has 0 saturated carbocycles. The van der Waals surface area contributed by atoms with Crippen LogP contribution in [0.1, 0.15) is 29.0 Å². The van der Waals surface area contributed by atoms with Crippen LogP contribution < -0.4 is 10.2 Å². The second-order valence-corrected chi connectivity index (χ2v) is 7.28. The Morgan fingerprint density at radius 3 is 2.62 bits per heavy atom. The highest BCUT2D eigenvalue weighted by Gasteiger charge is 2.26. The van der Waals surface area contributed by atoms with Crippen LogP contribution in [0, 0.1) is 18.6 Å². The van der Waals surface area contributed by atoms with E-state index in [0.29, 0.717) is 5.69 Å². The number of nitrogens with one attached hydrogen (secondary N) is 1. The Kier molecular flexibility index (Phi) is 5.24. The zero-order valence-corrected chi connectivity index (χ0v) is 16.4. The molecule has 5 nitrogen and oxygen atoms in total. The van der Waals surface area contributed by atoms with Gasteiger partial charge in [0.1, 0.15) is 28.7 Å². The molecule has 4 rings (SSSR count). The van der Waals surface area contributed by atoms with Crippen LogP contribution >= 0.6 is 11.6 Å². The number of carbonyl (C=O) groups excluding carboxylic acids is 1. The van der Waals surface area contributed by atoms with Crippen molar-refractivity contribution in [1.29, 1.82) is 0 Å². The van der Waals surface area contributed by atoms with Crippen molar-refractivity contribution in [3.63, 3.8) is 0 Å². The minimum absolute atomic E-state index is 0.00254. The normalized spacial score (nSPS) is 13.7. The molecule has 0 radical (unpaired) electrons. The van der Waals surface area contributed by atoms with E-state index in [1.54, 1.807) is 12.1 Å². The van der Waals surface area contributed by atoms with E-state index in [-0.39, 0.29) is 33.3 Å². The van der Waals surface area contributed by atoms with Crippen LogP contribution in [0.5, 0.6) is 0 Å². The van der Waals surface area contributed by atoms with Crippen molar-refractivity contribution in [2.24, 2.45) is 0 Å². The fourth-order valence-corrected chi connectivity index (χ4v) is 3.78. The molecule has 29 heavy (non-hydrogen) atoms. The van der Waals surface area contributed by atoms with Crippen LogP contribution in [-0.2, 0) is 0 Å². The molecule has 1 N–H and O–H groups in total.